The summed E-state index contributed by atoms with van der Waals surface area (Å²) in [6, 6.07) is 5.03. The number of rotatable bonds is 2. The fourth-order valence-electron chi connectivity index (χ4n) is 1.34. The van der Waals surface area contributed by atoms with E-state index in [-0.39, 0.29) is 5.56 Å². The Balaban J connectivity index is 2.38. The number of hydrogen-bond acceptors (Lipinski definition) is 2. The molecule has 0 fully saturated rings. The lowest BCUT2D eigenvalue weighted by atomic mass is 10.2. The highest BCUT2D eigenvalue weighted by atomic mass is 79.9. The highest BCUT2D eigenvalue weighted by molar-refractivity contribution is 9.10. The van der Waals surface area contributed by atoms with Gasteiger partial charge in [0.1, 0.15) is 0 Å². The van der Waals surface area contributed by atoms with Gasteiger partial charge in [0.05, 0.1) is 11.6 Å². The van der Waals surface area contributed by atoms with Crippen LogP contribution in [0.4, 0.5) is 0 Å². The number of nitrogens with zero attached hydrogens (tertiary/aromatic N) is 2. The molecular weight excluding hydrogens is 291 g/mol. The van der Waals surface area contributed by atoms with Gasteiger partial charge in [-0.05, 0) is 33.6 Å². The Kier molecular flexibility index (Phi) is 3.41. The molecule has 5 heteroatoms. The Hall–Kier alpha value is -1.13. The number of hydrogen-bond donors (Lipinski definition) is 0. The highest BCUT2D eigenvalue weighted by Gasteiger charge is 2.02. The first-order valence-electron chi connectivity index (χ1n) is 4.61. The molecule has 0 saturated carbocycles. The van der Waals surface area contributed by atoms with Gasteiger partial charge in [-0.15, -0.1) is 0 Å². The van der Waals surface area contributed by atoms with Crippen molar-refractivity contribution < 1.29 is 0 Å². The molecule has 0 unspecified atom stereocenters. The Morgan fingerprint density at radius 2 is 2.19 bits per heavy atom. The predicted octanol–water partition coefficient (Wildman–Crippen LogP) is 2.71. The van der Waals surface area contributed by atoms with Gasteiger partial charge in [0.2, 0.25) is 0 Å². The van der Waals surface area contributed by atoms with E-state index in [1.165, 1.54) is 6.07 Å². The summed E-state index contributed by atoms with van der Waals surface area (Å²) in [6.45, 7) is 0.444. The summed E-state index contributed by atoms with van der Waals surface area (Å²) >= 11 is 9.30. The highest BCUT2D eigenvalue weighted by Crippen LogP contribution is 2.14. The smallest absolute Gasteiger partial charge is 0.250 e. The summed E-state index contributed by atoms with van der Waals surface area (Å²) < 4.78 is 2.45. The van der Waals surface area contributed by atoms with E-state index in [4.69, 9.17) is 11.6 Å². The zero-order chi connectivity index (χ0) is 11.5. The van der Waals surface area contributed by atoms with E-state index in [1.54, 1.807) is 35.3 Å². The third-order valence-corrected chi connectivity index (χ3v) is 2.95. The second-order valence-corrected chi connectivity index (χ2v) is 4.60. The van der Waals surface area contributed by atoms with E-state index in [0.717, 1.165) is 10.0 Å². The minimum Gasteiger partial charge on any atom is -0.310 e. The van der Waals surface area contributed by atoms with Crippen molar-refractivity contribution in [1.29, 1.82) is 0 Å². The first-order valence-corrected chi connectivity index (χ1v) is 5.78. The standard InChI is InChI=1S/C11H8BrClN2O/c12-9-1-2-11(16)15(7-9)6-8-3-4-14-5-10(8)13/h1-5,7H,6H2. The van der Waals surface area contributed by atoms with Crippen molar-refractivity contribution in [2.45, 2.75) is 6.54 Å². The van der Waals surface area contributed by atoms with Gasteiger partial charge in [0, 0.05) is 29.1 Å². The molecule has 2 heterocycles. The molecule has 0 spiro atoms. The molecular formula is C11H8BrClN2O. The first kappa shape index (κ1) is 11.4. The molecule has 0 atom stereocenters. The van der Waals surface area contributed by atoms with Crippen molar-refractivity contribution in [3.63, 3.8) is 0 Å². The van der Waals surface area contributed by atoms with E-state index in [0.29, 0.717) is 11.6 Å². The van der Waals surface area contributed by atoms with E-state index in [9.17, 15) is 4.79 Å². The van der Waals surface area contributed by atoms with Crippen LogP contribution in [-0.4, -0.2) is 9.55 Å². The van der Waals surface area contributed by atoms with Crippen LogP contribution in [0.3, 0.4) is 0 Å². The molecule has 16 heavy (non-hydrogen) atoms. The summed E-state index contributed by atoms with van der Waals surface area (Å²) in [5.74, 6) is 0. The average molecular weight is 300 g/mol. The van der Waals surface area contributed by atoms with Gasteiger partial charge >= 0.3 is 0 Å². The summed E-state index contributed by atoms with van der Waals surface area (Å²) in [7, 11) is 0. The van der Waals surface area contributed by atoms with Crippen LogP contribution in [0, 0.1) is 0 Å². The fraction of sp³-hybridized carbons (Fsp3) is 0.0909. The summed E-state index contributed by atoms with van der Waals surface area (Å²) in [5.41, 5.74) is 0.813. The van der Waals surface area contributed by atoms with Crippen molar-refractivity contribution in [2.24, 2.45) is 0 Å². The quantitative estimate of drug-likeness (QED) is 0.854. The molecule has 0 amide bonds. The van der Waals surface area contributed by atoms with Crippen LogP contribution in [0.5, 0.6) is 0 Å². The minimum absolute atomic E-state index is 0.0592. The van der Waals surface area contributed by atoms with Crippen molar-refractivity contribution in [3.05, 3.63) is 62.2 Å². The van der Waals surface area contributed by atoms with E-state index in [1.807, 2.05) is 0 Å². The van der Waals surface area contributed by atoms with Crippen LogP contribution < -0.4 is 5.56 Å². The lowest BCUT2D eigenvalue weighted by Gasteiger charge is -2.07. The number of pyridine rings is 2. The Morgan fingerprint density at radius 1 is 1.38 bits per heavy atom. The lowest BCUT2D eigenvalue weighted by molar-refractivity contribution is 0.755. The summed E-state index contributed by atoms with van der Waals surface area (Å²) in [5, 5.41) is 0.564. The third-order valence-electron chi connectivity index (χ3n) is 2.14. The fourth-order valence-corrected chi connectivity index (χ4v) is 1.90. The van der Waals surface area contributed by atoms with Crippen molar-refractivity contribution >= 4 is 27.5 Å². The van der Waals surface area contributed by atoms with E-state index >= 15 is 0 Å². The molecule has 0 saturated heterocycles. The average Bonchev–Trinajstić information content (AvgIpc) is 2.27. The zero-order valence-electron chi connectivity index (χ0n) is 8.23. The molecule has 2 rings (SSSR count). The van der Waals surface area contributed by atoms with Crippen LogP contribution >= 0.6 is 27.5 Å². The van der Waals surface area contributed by atoms with Gasteiger partial charge in [-0.3, -0.25) is 9.78 Å². The van der Waals surface area contributed by atoms with E-state index < -0.39 is 0 Å². The third kappa shape index (κ3) is 2.51. The van der Waals surface area contributed by atoms with Gasteiger partial charge in [0.25, 0.3) is 5.56 Å². The van der Waals surface area contributed by atoms with Crippen LogP contribution in [0.25, 0.3) is 0 Å². The summed E-state index contributed by atoms with van der Waals surface area (Å²) in [4.78, 5) is 15.5. The van der Waals surface area contributed by atoms with Crippen molar-refractivity contribution in [1.82, 2.24) is 9.55 Å². The van der Waals surface area contributed by atoms with Crippen LogP contribution in [0.2, 0.25) is 5.02 Å². The van der Waals surface area contributed by atoms with Crippen molar-refractivity contribution in [2.75, 3.05) is 0 Å². The maximum atomic E-state index is 11.6. The van der Waals surface area contributed by atoms with Crippen molar-refractivity contribution in [3.8, 4) is 0 Å². The summed E-state index contributed by atoms with van der Waals surface area (Å²) in [6.07, 6.45) is 4.96. The molecule has 82 valence electrons. The zero-order valence-corrected chi connectivity index (χ0v) is 10.6. The molecule has 2 aromatic rings. The molecule has 0 bridgehead atoms. The molecule has 0 N–H and O–H groups in total. The lowest BCUT2D eigenvalue weighted by Crippen LogP contribution is -2.18. The SMILES string of the molecule is O=c1ccc(Br)cn1Cc1ccncc1Cl. The number of aromatic nitrogens is 2. The largest absolute Gasteiger partial charge is 0.310 e. The normalized spacial score (nSPS) is 10.4. The topological polar surface area (TPSA) is 34.9 Å². The molecule has 0 radical (unpaired) electrons. The molecule has 0 aliphatic heterocycles. The first-order chi connectivity index (χ1) is 7.66. The molecule has 2 aromatic heterocycles. The Bertz CT molecular complexity index is 568. The molecule has 0 aromatic carbocycles. The second kappa shape index (κ2) is 4.80. The van der Waals surface area contributed by atoms with Gasteiger partial charge in [-0.2, -0.15) is 0 Å². The Morgan fingerprint density at radius 3 is 2.94 bits per heavy atom. The van der Waals surface area contributed by atoms with Gasteiger partial charge < -0.3 is 4.57 Å². The monoisotopic (exact) mass is 298 g/mol. The molecule has 0 aliphatic carbocycles. The minimum atomic E-state index is -0.0592. The molecule has 0 aliphatic rings. The van der Waals surface area contributed by atoms with Gasteiger partial charge in [0.15, 0.2) is 0 Å². The van der Waals surface area contributed by atoms with Crippen LogP contribution in [-0.2, 0) is 6.54 Å². The molecule has 3 nitrogen and oxygen atoms in total. The van der Waals surface area contributed by atoms with Gasteiger partial charge in [-0.1, -0.05) is 11.6 Å². The second-order valence-electron chi connectivity index (χ2n) is 3.28. The van der Waals surface area contributed by atoms with Crippen LogP contribution in [0.1, 0.15) is 5.56 Å². The number of halogens is 2. The predicted molar refractivity (Wildman–Crippen MR) is 66.8 cm³/mol. The maximum Gasteiger partial charge on any atom is 0.250 e. The Labute approximate surface area is 106 Å². The van der Waals surface area contributed by atoms with E-state index in [2.05, 4.69) is 20.9 Å². The maximum absolute atomic E-state index is 11.6. The van der Waals surface area contributed by atoms with Crippen LogP contribution in [0.15, 0.2) is 46.1 Å². The van der Waals surface area contributed by atoms with Gasteiger partial charge in [-0.25, -0.2) is 0 Å².